The number of fused-ring (bicyclic) bond motifs is 1. The minimum atomic E-state index is -1.25. The van der Waals surface area contributed by atoms with Crippen molar-refractivity contribution in [2.45, 2.75) is 36.9 Å². The highest BCUT2D eigenvalue weighted by Gasteiger charge is 2.40. The summed E-state index contributed by atoms with van der Waals surface area (Å²) in [5.41, 5.74) is -0.364. The standard InChI is InChI=1S/C16H19NO4S2/c1-2-3-8-16(14(20)21,9-13(18)19)10-22-15-17-11-6-4-5-7-12(11)23-15/h4-7H,2-3,8-10H2,1H3,(H,18,19)(H,20,21). The van der Waals surface area contributed by atoms with Gasteiger partial charge in [-0.2, -0.15) is 0 Å². The number of carbonyl (C=O) groups is 2. The van der Waals surface area contributed by atoms with Gasteiger partial charge in [-0.15, -0.1) is 11.3 Å². The highest BCUT2D eigenvalue weighted by atomic mass is 32.2. The number of hydrogen-bond donors (Lipinski definition) is 2. The maximum Gasteiger partial charge on any atom is 0.311 e. The number of unbranched alkanes of at least 4 members (excludes halogenated alkanes) is 1. The lowest BCUT2D eigenvalue weighted by molar-refractivity contribution is -0.154. The van der Waals surface area contributed by atoms with Gasteiger partial charge in [0, 0.05) is 5.75 Å². The van der Waals surface area contributed by atoms with Crippen LogP contribution in [-0.4, -0.2) is 32.9 Å². The number of aromatic nitrogens is 1. The Hall–Kier alpha value is -1.60. The minimum absolute atomic E-state index is 0.217. The van der Waals surface area contributed by atoms with Crippen molar-refractivity contribution >= 4 is 45.3 Å². The molecule has 5 nitrogen and oxygen atoms in total. The Kier molecular flexibility index (Phi) is 6.01. The molecular formula is C16H19NO4S2. The molecule has 1 heterocycles. The Balaban J connectivity index is 2.18. The third-order valence-corrected chi connectivity index (χ3v) is 6.17. The number of aliphatic carboxylic acids is 2. The summed E-state index contributed by atoms with van der Waals surface area (Å²) >= 11 is 2.84. The number of benzene rings is 1. The molecule has 124 valence electrons. The smallest absolute Gasteiger partial charge is 0.311 e. The summed E-state index contributed by atoms with van der Waals surface area (Å²) in [6.07, 6.45) is 1.53. The number of rotatable bonds is 9. The Bertz CT molecular complexity index is 667. The average Bonchev–Trinajstić information content (AvgIpc) is 2.92. The molecule has 0 saturated heterocycles. The van der Waals surface area contributed by atoms with E-state index in [0.717, 1.165) is 21.0 Å². The van der Waals surface area contributed by atoms with Crippen molar-refractivity contribution in [3.8, 4) is 0 Å². The van der Waals surface area contributed by atoms with Gasteiger partial charge in [-0.05, 0) is 18.6 Å². The summed E-state index contributed by atoms with van der Waals surface area (Å²) < 4.78 is 1.82. The van der Waals surface area contributed by atoms with Crippen molar-refractivity contribution in [2.75, 3.05) is 5.75 Å². The zero-order valence-corrected chi connectivity index (χ0v) is 14.5. The molecule has 0 aliphatic heterocycles. The van der Waals surface area contributed by atoms with Gasteiger partial charge in [0.15, 0.2) is 4.34 Å². The lowest BCUT2D eigenvalue weighted by atomic mass is 9.81. The van der Waals surface area contributed by atoms with Crippen molar-refractivity contribution < 1.29 is 19.8 Å². The second kappa shape index (κ2) is 7.79. The summed E-state index contributed by atoms with van der Waals surface area (Å²) in [6, 6.07) is 7.72. The first-order valence-corrected chi connectivity index (χ1v) is 9.20. The van der Waals surface area contributed by atoms with Crippen molar-refractivity contribution in [2.24, 2.45) is 5.41 Å². The molecule has 1 atom stereocenters. The van der Waals surface area contributed by atoms with Crippen molar-refractivity contribution in [1.29, 1.82) is 0 Å². The second-order valence-corrected chi connectivity index (χ2v) is 7.75. The molecule has 0 bridgehead atoms. The molecular weight excluding hydrogens is 334 g/mol. The van der Waals surface area contributed by atoms with Crippen LogP contribution in [0, 0.1) is 5.41 Å². The van der Waals surface area contributed by atoms with Gasteiger partial charge in [0.25, 0.3) is 0 Å². The van der Waals surface area contributed by atoms with Gasteiger partial charge < -0.3 is 10.2 Å². The van der Waals surface area contributed by atoms with E-state index in [1.807, 2.05) is 31.2 Å². The number of carboxylic acid groups (broad SMARTS) is 2. The lowest BCUT2D eigenvalue weighted by Gasteiger charge is -2.27. The van der Waals surface area contributed by atoms with E-state index in [1.54, 1.807) is 0 Å². The van der Waals surface area contributed by atoms with Crippen molar-refractivity contribution in [3.63, 3.8) is 0 Å². The van der Waals surface area contributed by atoms with Gasteiger partial charge in [-0.3, -0.25) is 9.59 Å². The van der Waals surface area contributed by atoms with Crippen LogP contribution in [0.15, 0.2) is 28.6 Å². The molecule has 2 aromatic rings. The quantitative estimate of drug-likeness (QED) is 0.659. The maximum atomic E-state index is 11.8. The third-order valence-electron chi connectivity index (χ3n) is 3.70. The molecule has 23 heavy (non-hydrogen) atoms. The molecule has 0 aliphatic carbocycles. The molecule has 0 saturated carbocycles. The largest absolute Gasteiger partial charge is 0.481 e. The average molecular weight is 353 g/mol. The van der Waals surface area contributed by atoms with E-state index in [2.05, 4.69) is 4.98 Å². The molecule has 0 spiro atoms. The third kappa shape index (κ3) is 4.45. The normalized spacial score (nSPS) is 13.8. The number of carboxylic acids is 2. The topological polar surface area (TPSA) is 87.5 Å². The van der Waals surface area contributed by atoms with Crippen LogP contribution in [0.3, 0.4) is 0 Å². The van der Waals surface area contributed by atoms with Gasteiger partial charge in [0.05, 0.1) is 22.1 Å². The van der Waals surface area contributed by atoms with Crippen LogP contribution in [0.1, 0.15) is 32.6 Å². The molecule has 1 aromatic carbocycles. The molecule has 2 rings (SSSR count). The van der Waals surface area contributed by atoms with E-state index in [1.165, 1.54) is 23.1 Å². The van der Waals surface area contributed by atoms with Crippen LogP contribution in [0.2, 0.25) is 0 Å². The van der Waals surface area contributed by atoms with E-state index < -0.39 is 17.4 Å². The zero-order chi connectivity index (χ0) is 16.9. The Morgan fingerprint density at radius 2 is 2.04 bits per heavy atom. The van der Waals surface area contributed by atoms with Crippen LogP contribution in [0.4, 0.5) is 0 Å². The van der Waals surface area contributed by atoms with Crippen LogP contribution < -0.4 is 0 Å². The second-order valence-electron chi connectivity index (χ2n) is 5.50. The van der Waals surface area contributed by atoms with Crippen LogP contribution in [-0.2, 0) is 9.59 Å². The number of thioether (sulfide) groups is 1. The SMILES string of the molecule is CCCCC(CSc1nc2ccccc2s1)(CC(=O)O)C(=O)O. The van der Waals surface area contributed by atoms with E-state index in [4.69, 9.17) is 5.11 Å². The Morgan fingerprint density at radius 3 is 2.65 bits per heavy atom. The van der Waals surface area contributed by atoms with E-state index >= 15 is 0 Å². The summed E-state index contributed by atoms with van der Waals surface area (Å²) in [5, 5.41) is 18.7. The fourth-order valence-corrected chi connectivity index (χ4v) is 4.68. The fraction of sp³-hybridized carbons (Fsp3) is 0.438. The molecule has 0 radical (unpaired) electrons. The summed E-state index contributed by atoms with van der Waals surface area (Å²) in [7, 11) is 0. The predicted octanol–water partition coefficient (Wildman–Crippen LogP) is 4.12. The molecule has 7 heteroatoms. The number of nitrogens with zero attached hydrogens (tertiary/aromatic N) is 1. The number of para-hydroxylation sites is 1. The van der Waals surface area contributed by atoms with Gasteiger partial charge in [0.1, 0.15) is 0 Å². The highest BCUT2D eigenvalue weighted by molar-refractivity contribution is 8.01. The Morgan fingerprint density at radius 1 is 1.30 bits per heavy atom. The molecule has 0 amide bonds. The van der Waals surface area contributed by atoms with E-state index in [-0.39, 0.29) is 12.2 Å². The minimum Gasteiger partial charge on any atom is -0.481 e. The van der Waals surface area contributed by atoms with Gasteiger partial charge in [-0.25, -0.2) is 4.98 Å². The van der Waals surface area contributed by atoms with E-state index in [0.29, 0.717) is 12.8 Å². The van der Waals surface area contributed by atoms with Crippen LogP contribution >= 0.6 is 23.1 Å². The maximum absolute atomic E-state index is 11.8. The first-order chi connectivity index (χ1) is 11.0. The highest BCUT2D eigenvalue weighted by Crippen LogP contribution is 2.38. The van der Waals surface area contributed by atoms with Gasteiger partial charge in [-0.1, -0.05) is 43.7 Å². The molecule has 0 fully saturated rings. The van der Waals surface area contributed by atoms with Crippen molar-refractivity contribution in [1.82, 2.24) is 4.98 Å². The molecule has 1 aromatic heterocycles. The summed E-state index contributed by atoms with van der Waals surface area (Å²) in [4.78, 5) is 27.4. The number of hydrogen-bond acceptors (Lipinski definition) is 5. The van der Waals surface area contributed by atoms with Crippen LogP contribution in [0.25, 0.3) is 10.2 Å². The van der Waals surface area contributed by atoms with Gasteiger partial charge >= 0.3 is 11.9 Å². The van der Waals surface area contributed by atoms with Gasteiger partial charge in [0.2, 0.25) is 0 Å². The molecule has 2 N–H and O–H groups in total. The van der Waals surface area contributed by atoms with E-state index in [9.17, 15) is 14.7 Å². The monoisotopic (exact) mass is 353 g/mol. The fourth-order valence-electron chi connectivity index (χ4n) is 2.37. The number of thiazole rings is 1. The first kappa shape index (κ1) is 17.7. The predicted molar refractivity (Wildman–Crippen MR) is 92.2 cm³/mol. The lowest BCUT2D eigenvalue weighted by Crippen LogP contribution is -2.36. The van der Waals surface area contributed by atoms with Crippen LogP contribution in [0.5, 0.6) is 0 Å². The zero-order valence-electron chi connectivity index (χ0n) is 12.8. The molecule has 1 unspecified atom stereocenters. The summed E-state index contributed by atoms with van der Waals surface area (Å²) in [5.74, 6) is -1.90. The van der Waals surface area contributed by atoms with Crippen molar-refractivity contribution in [3.05, 3.63) is 24.3 Å². The summed E-state index contributed by atoms with van der Waals surface area (Å²) in [6.45, 7) is 1.97. The first-order valence-electron chi connectivity index (χ1n) is 7.40. The Labute approximate surface area is 142 Å². The molecule has 0 aliphatic rings.